The second kappa shape index (κ2) is 8.68. The maximum Gasteiger partial charge on any atom is 0.181 e. The molecule has 0 heterocycles. The summed E-state index contributed by atoms with van der Waals surface area (Å²) in [6.07, 6.45) is 2.92. The minimum Gasteiger partial charge on any atom is -0.294 e. The third-order valence-electron chi connectivity index (χ3n) is 4.17. The van der Waals surface area contributed by atoms with Gasteiger partial charge in [0.2, 0.25) is 0 Å². The first-order chi connectivity index (χ1) is 13.2. The Hall–Kier alpha value is -3.59. The summed E-state index contributed by atoms with van der Waals surface area (Å²) in [7, 11) is 0. The molecule has 0 aliphatic carbocycles. The monoisotopic (exact) mass is 354 g/mol. The maximum absolute atomic E-state index is 12.9. The Morgan fingerprint density at radius 1 is 0.593 bits per heavy atom. The summed E-state index contributed by atoms with van der Waals surface area (Å²) in [6, 6.07) is 26.1. The van der Waals surface area contributed by atoms with Gasteiger partial charge in [-0.1, -0.05) is 97.1 Å². The first kappa shape index (κ1) is 18.2. The quantitative estimate of drug-likeness (QED) is 0.352. The molecular formula is C24H18O3. The van der Waals surface area contributed by atoms with Crippen molar-refractivity contribution in [1.29, 1.82) is 0 Å². The molecule has 3 aromatic carbocycles. The van der Waals surface area contributed by atoms with Crippen molar-refractivity contribution in [3.8, 4) is 0 Å². The number of hydrogen-bond donors (Lipinski definition) is 0. The van der Waals surface area contributed by atoms with Crippen molar-refractivity contribution in [3.63, 3.8) is 0 Å². The van der Waals surface area contributed by atoms with Gasteiger partial charge in [-0.2, -0.15) is 0 Å². The number of rotatable bonds is 7. The fourth-order valence-electron chi connectivity index (χ4n) is 2.75. The van der Waals surface area contributed by atoms with Gasteiger partial charge in [-0.15, -0.1) is 0 Å². The van der Waals surface area contributed by atoms with Gasteiger partial charge in [0.25, 0.3) is 0 Å². The molecule has 0 atom stereocenters. The van der Waals surface area contributed by atoms with Gasteiger partial charge in [0.1, 0.15) is 5.92 Å². The van der Waals surface area contributed by atoms with Crippen molar-refractivity contribution >= 4 is 23.4 Å². The van der Waals surface area contributed by atoms with E-state index in [1.807, 2.05) is 30.3 Å². The normalized spacial score (nSPS) is 10.9. The topological polar surface area (TPSA) is 51.2 Å². The first-order valence-electron chi connectivity index (χ1n) is 8.62. The SMILES string of the molecule is O=C(C=Cc1ccccc1)C(C(=O)c1ccccc1)C(=O)c1ccccc1. The van der Waals surface area contributed by atoms with Gasteiger partial charge >= 0.3 is 0 Å². The lowest BCUT2D eigenvalue weighted by Gasteiger charge is -2.12. The second-order valence-corrected chi connectivity index (χ2v) is 6.04. The average molecular weight is 354 g/mol. The maximum atomic E-state index is 12.9. The van der Waals surface area contributed by atoms with Crippen molar-refractivity contribution in [1.82, 2.24) is 0 Å². The van der Waals surface area contributed by atoms with Crippen molar-refractivity contribution in [2.75, 3.05) is 0 Å². The van der Waals surface area contributed by atoms with Crippen LogP contribution in [0, 0.1) is 5.92 Å². The lowest BCUT2D eigenvalue weighted by molar-refractivity contribution is -0.115. The highest BCUT2D eigenvalue weighted by atomic mass is 16.2. The largest absolute Gasteiger partial charge is 0.294 e. The van der Waals surface area contributed by atoms with E-state index in [9.17, 15) is 14.4 Å². The third-order valence-corrected chi connectivity index (χ3v) is 4.17. The molecule has 132 valence electrons. The van der Waals surface area contributed by atoms with E-state index in [2.05, 4.69) is 0 Å². The van der Waals surface area contributed by atoms with E-state index in [0.29, 0.717) is 11.1 Å². The summed E-state index contributed by atoms with van der Waals surface area (Å²) in [5.41, 5.74) is 1.51. The zero-order valence-electron chi connectivity index (χ0n) is 14.6. The molecule has 0 aliphatic rings. The highest BCUT2D eigenvalue weighted by Crippen LogP contribution is 2.18. The van der Waals surface area contributed by atoms with E-state index < -0.39 is 23.3 Å². The molecule has 3 aromatic rings. The zero-order chi connectivity index (χ0) is 19.1. The molecule has 3 rings (SSSR count). The van der Waals surface area contributed by atoms with E-state index in [-0.39, 0.29) is 0 Å². The Bertz CT molecular complexity index is 907. The van der Waals surface area contributed by atoms with Crippen LogP contribution in [0.4, 0.5) is 0 Å². The van der Waals surface area contributed by atoms with Crippen LogP contribution in [0.3, 0.4) is 0 Å². The van der Waals surface area contributed by atoms with Crippen LogP contribution in [0.25, 0.3) is 6.08 Å². The van der Waals surface area contributed by atoms with Crippen LogP contribution >= 0.6 is 0 Å². The molecule has 0 aromatic heterocycles. The Labute approximate surface area is 158 Å². The van der Waals surface area contributed by atoms with E-state index >= 15 is 0 Å². The minimum absolute atomic E-state index is 0.341. The third kappa shape index (κ3) is 4.53. The zero-order valence-corrected chi connectivity index (χ0v) is 14.6. The van der Waals surface area contributed by atoms with E-state index in [0.717, 1.165) is 5.56 Å². The molecule has 0 saturated heterocycles. The standard InChI is InChI=1S/C24H18O3/c25-21(17-16-18-10-4-1-5-11-18)22(23(26)19-12-6-2-7-13-19)24(27)20-14-8-3-9-15-20/h1-17,22H. The summed E-state index contributed by atoms with van der Waals surface area (Å²) in [6.45, 7) is 0. The van der Waals surface area contributed by atoms with Crippen LogP contribution in [-0.4, -0.2) is 17.3 Å². The minimum atomic E-state index is -1.39. The van der Waals surface area contributed by atoms with Gasteiger partial charge in [0.05, 0.1) is 0 Å². The predicted molar refractivity (Wildman–Crippen MR) is 106 cm³/mol. The molecule has 0 saturated carbocycles. The number of hydrogen-bond acceptors (Lipinski definition) is 3. The number of carbonyl (C=O) groups excluding carboxylic acids is 3. The summed E-state index contributed by atoms with van der Waals surface area (Å²) < 4.78 is 0. The van der Waals surface area contributed by atoms with Crippen LogP contribution < -0.4 is 0 Å². The number of Topliss-reactive ketones (excluding diaryl/α,β-unsaturated/α-hetero) is 2. The molecule has 0 bridgehead atoms. The summed E-state index contributed by atoms with van der Waals surface area (Å²) in [5.74, 6) is -2.91. The number of carbonyl (C=O) groups is 3. The van der Waals surface area contributed by atoms with Gasteiger partial charge in [0.15, 0.2) is 17.3 Å². The molecule has 0 spiro atoms. The summed E-state index contributed by atoms with van der Waals surface area (Å²) in [4.78, 5) is 38.7. The highest BCUT2D eigenvalue weighted by Gasteiger charge is 2.33. The van der Waals surface area contributed by atoms with Crippen molar-refractivity contribution < 1.29 is 14.4 Å². The van der Waals surface area contributed by atoms with Gasteiger partial charge in [0, 0.05) is 11.1 Å². The van der Waals surface area contributed by atoms with Crippen LogP contribution in [0.1, 0.15) is 26.3 Å². The lowest BCUT2D eigenvalue weighted by atomic mass is 9.86. The molecule has 27 heavy (non-hydrogen) atoms. The number of benzene rings is 3. The van der Waals surface area contributed by atoms with Crippen molar-refractivity contribution in [2.24, 2.45) is 5.92 Å². The van der Waals surface area contributed by atoms with Crippen LogP contribution in [0.2, 0.25) is 0 Å². The van der Waals surface area contributed by atoms with Crippen molar-refractivity contribution in [2.45, 2.75) is 0 Å². The van der Waals surface area contributed by atoms with Crippen LogP contribution in [-0.2, 0) is 4.79 Å². The van der Waals surface area contributed by atoms with Gasteiger partial charge in [-0.3, -0.25) is 14.4 Å². The molecule has 0 fully saturated rings. The molecule has 0 N–H and O–H groups in total. The van der Waals surface area contributed by atoms with Crippen molar-refractivity contribution in [3.05, 3.63) is 114 Å². The number of allylic oxidation sites excluding steroid dienone is 1. The summed E-state index contributed by atoms with van der Waals surface area (Å²) in [5, 5.41) is 0. The Morgan fingerprint density at radius 2 is 1.00 bits per heavy atom. The van der Waals surface area contributed by atoms with Gasteiger partial charge < -0.3 is 0 Å². The smallest absolute Gasteiger partial charge is 0.181 e. The molecular weight excluding hydrogens is 336 g/mol. The number of ketones is 3. The second-order valence-electron chi connectivity index (χ2n) is 6.04. The molecule has 0 radical (unpaired) electrons. The van der Waals surface area contributed by atoms with Crippen LogP contribution in [0.15, 0.2) is 97.1 Å². The Morgan fingerprint density at radius 3 is 1.44 bits per heavy atom. The Kier molecular flexibility index (Phi) is 5.85. The average Bonchev–Trinajstić information content (AvgIpc) is 2.74. The van der Waals surface area contributed by atoms with E-state index in [1.54, 1.807) is 66.7 Å². The molecule has 3 heteroatoms. The molecule has 0 amide bonds. The van der Waals surface area contributed by atoms with Gasteiger partial charge in [-0.25, -0.2) is 0 Å². The fourth-order valence-corrected chi connectivity index (χ4v) is 2.75. The molecule has 0 aliphatic heterocycles. The Balaban J connectivity index is 1.94. The fraction of sp³-hybridized carbons (Fsp3) is 0.0417. The van der Waals surface area contributed by atoms with E-state index in [1.165, 1.54) is 6.08 Å². The molecule has 0 unspecified atom stereocenters. The van der Waals surface area contributed by atoms with Crippen LogP contribution in [0.5, 0.6) is 0 Å². The molecule has 3 nitrogen and oxygen atoms in total. The highest BCUT2D eigenvalue weighted by molar-refractivity contribution is 6.30. The van der Waals surface area contributed by atoms with Gasteiger partial charge in [-0.05, 0) is 11.6 Å². The lowest BCUT2D eigenvalue weighted by Crippen LogP contribution is -2.31. The predicted octanol–water partition coefficient (Wildman–Crippen LogP) is 4.65. The van der Waals surface area contributed by atoms with E-state index in [4.69, 9.17) is 0 Å². The first-order valence-corrected chi connectivity index (χ1v) is 8.62. The summed E-state index contributed by atoms with van der Waals surface area (Å²) >= 11 is 0.